The lowest BCUT2D eigenvalue weighted by Crippen LogP contribution is -2.43. The second kappa shape index (κ2) is 6.08. The Balaban J connectivity index is 2.06. The maximum absolute atomic E-state index is 13.9. The van der Waals surface area contributed by atoms with Gasteiger partial charge in [-0.2, -0.15) is 18.4 Å². The van der Waals surface area contributed by atoms with Gasteiger partial charge in [-0.3, -0.25) is 4.79 Å². The second-order valence-corrected chi connectivity index (χ2v) is 4.55. The van der Waals surface area contributed by atoms with Gasteiger partial charge in [0.2, 0.25) is 11.7 Å². The number of aromatic nitrogens is 4. The first-order chi connectivity index (χ1) is 10.3. The molecule has 0 aliphatic heterocycles. The average Bonchev–Trinajstić information content (AvgIpc) is 2.93. The van der Waals surface area contributed by atoms with Crippen LogP contribution in [0.3, 0.4) is 0 Å². The van der Waals surface area contributed by atoms with E-state index >= 15 is 0 Å². The topological polar surface area (TPSA) is 83.6 Å². The number of alkyl halides is 3. The van der Waals surface area contributed by atoms with E-state index in [1.807, 2.05) is 0 Å². The standard InChI is InChI=1S/C12H11F4N5O/c1-6(12(14,15)16)17-10(22)5-7-2-3-8(4-9(7)13)11-18-20-21-19-11/h2-4,6H,5H2,1H3,(H,17,22)(H,18,19,20,21). The van der Waals surface area contributed by atoms with Crippen LogP contribution in [0.2, 0.25) is 0 Å². The number of halogens is 4. The minimum atomic E-state index is -4.54. The van der Waals surface area contributed by atoms with E-state index in [1.165, 1.54) is 12.1 Å². The molecule has 2 N–H and O–H groups in total. The van der Waals surface area contributed by atoms with Crippen LogP contribution in [0.1, 0.15) is 12.5 Å². The molecule has 10 heteroatoms. The molecular formula is C12H11F4N5O. The largest absolute Gasteiger partial charge is 0.408 e. The smallest absolute Gasteiger partial charge is 0.344 e. The van der Waals surface area contributed by atoms with E-state index in [0.29, 0.717) is 5.56 Å². The van der Waals surface area contributed by atoms with Crippen LogP contribution in [0.15, 0.2) is 18.2 Å². The number of rotatable bonds is 4. The molecule has 1 aromatic heterocycles. The Kier molecular flexibility index (Phi) is 4.38. The molecule has 2 aromatic rings. The van der Waals surface area contributed by atoms with Crippen molar-refractivity contribution in [3.63, 3.8) is 0 Å². The van der Waals surface area contributed by atoms with Gasteiger partial charge < -0.3 is 5.32 Å². The van der Waals surface area contributed by atoms with E-state index in [9.17, 15) is 22.4 Å². The fourth-order valence-corrected chi connectivity index (χ4v) is 1.66. The molecule has 0 saturated carbocycles. The molecule has 0 bridgehead atoms. The number of nitrogens with one attached hydrogen (secondary N) is 2. The minimum Gasteiger partial charge on any atom is -0.344 e. The van der Waals surface area contributed by atoms with E-state index in [2.05, 4.69) is 20.6 Å². The number of hydrogen-bond acceptors (Lipinski definition) is 4. The van der Waals surface area contributed by atoms with Gasteiger partial charge in [0.15, 0.2) is 0 Å². The molecule has 0 spiro atoms. The highest BCUT2D eigenvalue weighted by molar-refractivity contribution is 5.79. The van der Waals surface area contributed by atoms with Gasteiger partial charge in [-0.15, -0.1) is 10.2 Å². The van der Waals surface area contributed by atoms with E-state index < -0.39 is 30.4 Å². The van der Waals surface area contributed by atoms with Crippen molar-refractivity contribution < 1.29 is 22.4 Å². The van der Waals surface area contributed by atoms with Crippen molar-refractivity contribution in [2.45, 2.75) is 25.6 Å². The number of aromatic amines is 1. The first kappa shape index (κ1) is 15.9. The molecular weight excluding hydrogens is 306 g/mol. The number of hydrogen-bond donors (Lipinski definition) is 2. The number of H-pyrrole nitrogens is 1. The number of carbonyl (C=O) groups excluding carboxylic acids is 1. The Hall–Kier alpha value is -2.52. The highest BCUT2D eigenvalue weighted by atomic mass is 19.4. The number of nitrogens with zero attached hydrogens (tertiary/aromatic N) is 3. The quantitative estimate of drug-likeness (QED) is 0.839. The van der Waals surface area contributed by atoms with Crippen LogP contribution in [-0.2, 0) is 11.2 Å². The Morgan fingerprint density at radius 2 is 2.14 bits per heavy atom. The molecule has 0 saturated heterocycles. The lowest BCUT2D eigenvalue weighted by molar-refractivity contribution is -0.157. The van der Waals surface area contributed by atoms with Gasteiger partial charge in [0, 0.05) is 5.56 Å². The number of amides is 1. The lowest BCUT2D eigenvalue weighted by atomic mass is 10.1. The van der Waals surface area contributed by atoms with Crippen molar-refractivity contribution in [2.24, 2.45) is 0 Å². The van der Waals surface area contributed by atoms with Crippen molar-refractivity contribution in [3.05, 3.63) is 29.6 Å². The third kappa shape index (κ3) is 3.77. The molecule has 1 atom stereocenters. The van der Waals surface area contributed by atoms with Gasteiger partial charge in [0.05, 0.1) is 6.42 Å². The molecule has 0 aliphatic rings. The van der Waals surface area contributed by atoms with Gasteiger partial charge in [0.1, 0.15) is 11.9 Å². The number of carbonyl (C=O) groups is 1. The fraction of sp³-hybridized carbons (Fsp3) is 0.333. The van der Waals surface area contributed by atoms with Crippen LogP contribution in [-0.4, -0.2) is 38.7 Å². The van der Waals surface area contributed by atoms with Crippen LogP contribution in [0.25, 0.3) is 11.4 Å². The fourth-order valence-electron chi connectivity index (χ4n) is 1.66. The molecule has 0 radical (unpaired) electrons. The van der Waals surface area contributed by atoms with Crippen LogP contribution in [0.4, 0.5) is 17.6 Å². The normalized spacial score (nSPS) is 13.0. The van der Waals surface area contributed by atoms with E-state index in [4.69, 9.17) is 0 Å². The van der Waals surface area contributed by atoms with Gasteiger partial charge in [0.25, 0.3) is 0 Å². The summed E-state index contributed by atoms with van der Waals surface area (Å²) < 4.78 is 50.9. The summed E-state index contributed by atoms with van der Waals surface area (Å²) in [5, 5.41) is 14.6. The van der Waals surface area contributed by atoms with Gasteiger partial charge in [-0.05, 0) is 23.8 Å². The summed E-state index contributed by atoms with van der Waals surface area (Å²) in [7, 11) is 0. The number of tetrazole rings is 1. The third-order valence-electron chi connectivity index (χ3n) is 2.88. The van der Waals surface area contributed by atoms with E-state index in [1.54, 1.807) is 5.32 Å². The highest BCUT2D eigenvalue weighted by Gasteiger charge is 2.36. The Morgan fingerprint density at radius 1 is 1.41 bits per heavy atom. The predicted octanol–water partition coefficient (Wildman–Crippen LogP) is 1.62. The predicted molar refractivity (Wildman–Crippen MR) is 66.9 cm³/mol. The zero-order valence-corrected chi connectivity index (χ0v) is 11.3. The van der Waals surface area contributed by atoms with Crippen molar-refractivity contribution in [3.8, 4) is 11.4 Å². The molecule has 1 amide bonds. The van der Waals surface area contributed by atoms with Crippen molar-refractivity contribution in [2.75, 3.05) is 0 Å². The van der Waals surface area contributed by atoms with Crippen LogP contribution in [0.5, 0.6) is 0 Å². The van der Waals surface area contributed by atoms with E-state index in [-0.39, 0.29) is 11.4 Å². The minimum absolute atomic E-state index is 0.0286. The monoisotopic (exact) mass is 317 g/mol. The average molecular weight is 317 g/mol. The van der Waals surface area contributed by atoms with Gasteiger partial charge >= 0.3 is 6.18 Å². The Morgan fingerprint density at radius 3 is 2.68 bits per heavy atom. The molecule has 0 fully saturated rings. The summed E-state index contributed by atoms with van der Waals surface area (Å²) >= 11 is 0. The SMILES string of the molecule is CC(NC(=O)Cc1ccc(-c2nn[nH]n2)cc1F)C(F)(F)F. The Bertz CT molecular complexity index is 656. The van der Waals surface area contributed by atoms with E-state index in [0.717, 1.165) is 13.0 Å². The molecule has 2 rings (SSSR count). The summed E-state index contributed by atoms with van der Waals surface area (Å²) in [6, 6.07) is 1.82. The van der Waals surface area contributed by atoms with Crippen LogP contribution in [0, 0.1) is 5.82 Å². The molecule has 1 unspecified atom stereocenters. The van der Waals surface area contributed by atoms with Crippen LogP contribution < -0.4 is 5.32 Å². The summed E-state index contributed by atoms with van der Waals surface area (Å²) in [4.78, 5) is 11.5. The molecule has 22 heavy (non-hydrogen) atoms. The second-order valence-electron chi connectivity index (χ2n) is 4.55. The third-order valence-corrected chi connectivity index (χ3v) is 2.88. The van der Waals surface area contributed by atoms with Crippen molar-refractivity contribution in [1.82, 2.24) is 25.9 Å². The number of benzene rings is 1. The first-order valence-electron chi connectivity index (χ1n) is 6.15. The summed E-state index contributed by atoms with van der Waals surface area (Å²) in [5.41, 5.74) is 0.304. The first-order valence-corrected chi connectivity index (χ1v) is 6.15. The molecule has 1 aromatic carbocycles. The lowest BCUT2D eigenvalue weighted by Gasteiger charge is -2.17. The maximum Gasteiger partial charge on any atom is 0.408 e. The molecule has 0 aliphatic carbocycles. The van der Waals surface area contributed by atoms with Crippen molar-refractivity contribution >= 4 is 5.91 Å². The van der Waals surface area contributed by atoms with Gasteiger partial charge in [-0.25, -0.2) is 4.39 Å². The maximum atomic E-state index is 13.9. The molecule has 1 heterocycles. The van der Waals surface area contributed by atoms with Crippen LogP contribution >= 0.6 is 0 Å². The summed E-state index contributed by atoms with van der Waals surface area (Å²) in [5.74, 6) is -1.49. The molecule has 6 nitrogen and oxygen atoms in total. The highest BCUT2D eigenvalue weighted by Crippen LogP contribution is 2.20. The zero-order chi connectivity index (χ0) is 16.3. The zero-order valence-electron chi connectivity index (χ0n) is 11.3. The summed E-state index contributed by atoms with van der Waals surface area (Å²) in [6.45, 7) is 0.813. The molecule has 118 valence electrons. The van der Waals surface area contributed by atoms with Crippen molar-refractivity contribution in [1.29, 1.82) is 0 Å². The Labute approximate surface area is 121 Å². The van der Waals surface area contributed by atoms with Gasteiger partial charge in [-0.1, -0.05) is 12.1 Å². The summed E-state index contributed by atoms with van der Waals surface area (Å²) in [6.07, 6.45) is -5.05.